The largest absolute Gasteiger partial charge is 0.403 e. The minimum Gasteiger partial charge on any atom is -0.403 e. The van der Waals surface area contributed by atoms with E-state index in [1.807, 2.05) is 37.3 Å². The van der Waals surface area contributed by atoms with Crippen LogP contribution in [0.15, 0.2) is 67.1 Å². The lowest BCUT2D eigenvalue weighted by atomic mass is 9.98. The molecule has 0 radical (unpaired) electrons. The van der Waals surface area contributed by atoms with E-state index in [-0.39, 0.29) is 17.5 Å². The number of anilines is 1. The second-order valence-corrected chi connectivity index (χ2v) is 7.29. The monoisotopic (exact) mass is 432 g/mol. The van der Waals surface area contributed by atoms with Crippen LogP contribution in [0.1, 0.15) is 46.2 Å². The predicted molar refractivity (Wildman–Crippen MR) is 126 cm³/mol. The van der Waals surface area contributed by atoms with E-state index >= 15 is 0 Å². The fraction of sp³-hybridized carbons (Fsp3) is 0.208. The minimum absolute atomic E-state index is 0.185. The Morgan fingerprint density at radius 1 is 1.06 bits per heavy atom. The molecule has 0 bridgehead atoms. The molecule has 8 nitrogen and oxygen atoms in total. The van der Waals surface area contributed by atoms with Gasteiger partial charge in [-0.25, -0.2) is 10.8 Å². The zero-order chi connectivity index (χ0) is 22.9. The number of amides is 2. The van der Waals surface area contributed by atoms with Crippen molar-refractivity contribution in [3.05, 3.63) is 83.9 Å². The molecule has 0 saturated carbocycles. The Labute approximate surface area is 187 Å². The Kier molecular flexibility index (Phi) is 7.77. The molecule has 2 aromatic carbocycles. The van der Waals surface area contributed by atoms with Crippen LogP contribution >= 0.6 is 0 Å². The van der Waals surface area contributed by atoms with Crippen molar-refractivity contribution in [1.29, 1.82) is 0 Å². The fourth-order valence-electron chi connectivity index (χ4n) is 3.40. The van der Waals surface area contributed by atoms with Gasteiger partial charge in [-0.05, 0) is 41.0 Å². The van der Waals surface area contributed by atoms with Gasteiger partial charge in [0.2, 0.25) is 0 Å². The first-order chi connectivity index (χ1) is 15.5. The van der Waals surface area contributed by atoms with Crippen LogP contribution in [0.25, 0.3) is 10.8 Å². The third kappa shape index (κ3) is 5.41. The van der Waals surface area contributed by atoms with Crippen molar-refractivity contribution < 1.29 is 9.59 Å². The molecule has 1 aromatic heterocycles. The van der Waals surface area contributed by atoms with Crippen LogP contribution in [-0.2, 0) is 6.54 Å². The van der Waals surface area contributed by atoms with Gasteiger partial charge in [0, 0.05) is 30.7 Å². The van der Waals surface area contributed by atoms with Gasteiger partial charge in [0.05, 0.1) is 12.2 Å². The molecule has 8 heteroatoms. The van der Waals surface area contributed by atoms with E-state index in [1.54, 1.807) is 24.4 Å². The molecule has 0 aliphatic rings. The number of hydrazine groups is 1. The summed E-state index contributed by atoms with van der Waals surface area (Å²) >= 11 is 0. The summed E-state index contributed by atoms with van der Waals surface area (Å²) in [6.45, 7) is 3.04. The smallest absolute Gasteiger partial charge is 0.272 e. The number of nitrogens with zero attached hydrogens (tertiary/aromatic N) is 2. The summed E-state index contributed by atoms with van der Waals surface area (Å²) in [5, 5.41) is 8.84. The van der Waals surface area contributed by atoms with Gasteiger partial charge in [-0.2, -0.15) is 0 Å². The van der Waals surface area contributed by atoms with Crippen LogP contribution in [0, 0.1) is 0 Å². The van der Waals surface area contributed by atoms with Crippen LogP contribution in [0.2, 0.25) is 0 Å². The summed E-state index contributed by atoms with van der Waals surface area (Å²) in [5.41, 5.74) is 7.40. The molecule has 0 aliphatic carbocycles. The quantitative estimate of drug-likeness (QED) is 0.234. The van der Waals surface area contributed by atoms with Crippen molar-refractivity contribution in [2.75, 3.05) is 11.9 Å². The number of carbonyl (C=O) groups excluding carboxylic acids is 2. The third-order valence-corrected chi connectivity index (χ3v) is 4.98. The average molecular weight is 433 g/mol. The van der Waals surface area contributed by atoms with E-state index in [0.29, 0.717) is 24.3 Å². The number of pyridine rings is 1. The Bertz CT molecular complexity index is 1130. The zero-order valence-corrected chi connectivity index (χ0v) is 18.0. The summed E-state index contributed by atoms with van der Waals surface area (Å²) in [6, 6.07) is 14.6. The Morgan fingerprint density at radius 3 is 2.59 bits per heavy atom. The second kappa shape index (κ2) is 10.9. The SMILES string of the molecule is CCCCNC(=O)c1ncccc1NC(=O)c1ccc(CN(N)/C=C\N)c2ccccc12. The van der Waals surface area contributed by atoms with E-state index < -0.39 is 0 Å². The number of benzene rings is 2. The van der Waals surface area contributed by atoms with Gasteiger partial charge in [-0.15, -0.1) is 0 Å². The van der Waals surface area contributed by atoms with E-state index in [0.717, 1.165) is 29.2 Å². The lowest BCUT2D eigenvalue weighted by molar-refractivity contribution is 0.0949. The number of hydrogen-bond donors (Lipinski definition) is 4. The number of nitrogens with one attached hydrogen (secondary N) is 2. The number of hydrogen-bond acceptors (Lipinski definition) is 6. The van der Waals surface area contributed by atoms with Gasteiger partial charge in [-0.1, -0.05) is 43.7 Å². The molecule has 166 valence electrons. The third-order valence-electron chi connectivity index (χ3n) is 4.98. The van der Waals surface area contributed by atoms with Gasteiger partial charge in [-0.3, -0.25) is 9.59 Å². The van der Waals surface area contributed by atoms with Crippen molar-refractivity contribution in [2.24, 2.45) is 11.6 Å². The summed E-state index contributed by atoms with van der Waals surface area (Å²) < 4.78 is 0. The lowest BCUT2D eigenvalue weighted by Gasteiger charge is -2.17. The zero-order valence-electron chi connectivity index (χ0n) is 18.0. The maximum absolute atomic E-state index is 13.2. The Balaban J connectivity index is 1.88. The summed E-state index contributed by atoms with van der Waals surface area (Å²) in [5.74, 6) is 5.30. The topological polar surface area (TPSA) is 126 Å². The highest BCUT2D eigenvalue weighted by Crippen LogP contribution is 2.25. The first kappa shape index (κ1) is 22.8. The van der Waals surface area contributed by atoms with E-state index in [9.17, 15) is 9.59 Å². The molecule has 2 amide bonds. The minimum atomic E-state index is -0.324. The number of aromatic nitrogens is 1. The van der Waals surface area contributed by atoms with E-state index in [4.69, 9.17) is 11.6 Å². The van der Waals surface area contributed by atoms with Crippen molar-refractivity contribution in [1.82, 2.24) is 15.3 Å². The highest BCUT2D eigenvalue weighted by atomic mass is 16.2. The molecule has 0 aliphatic heterocycles. The lowest BCUT2D eigenvalue weighted by Crippen LogP contribution is -2.27. The van der Waals surface area contributed by atoms with Crippen LogP contribution in [0.4, 0.5) is 5.69 Å². The Morgan fingerprint density at radius 2 is 1.84 bits per heavy atom. The van der Waals surface area contributed by atoms with Gasteiger partial charge < -0.3 is 21.4 Å². The number of nitrogens with two attached hydrogens (primary N) is 2. The van der Waals surface area contributed by atoms with Crippen molar-refractivity contribution in [3.63, 3.8) is 0 Å². The van der Waals surface area contributed by atoms with Gasteiger partial charge >= 0.3 is 0 Å². The van der Waals surface area contributed by atoms with Crippen molar-refractivity contribution >= 4 is 28.3 Å². The summed E-state index contributed by atoms with van der Waals surface area (Å²) in [6.07, 6.45) is 6.32. The van der Waals surface area contributed by atoms with E-state index in [1.165, 1.54) is 17.4 Å². The molecule has 0 spiro atoms. The molecular weight excluding hydrogens is 404 g/mol. The maximum atomic E-state index is 13.2. The van der Waals surface area contributed by atoms with E-state index in [2.05, 4.69) is 15.6 Å². The predicted octanol–water partition coefficient (Wildman–Crippen LogP) is 3.12. The molecule has 0 fully saturated rings. The molecule has 0 saturated heterocycles. The molecule has 1 heterocycles. The number of fused-ring (bicyclic) bond motifs is 1. The van der Waals surface area contributed by atoms with Crippen LogP contribution < -0.4 is 22.2 Å². The van der Waals surface area contributed by atoms with Crippen LogP contribution in [0.3, 0.4) is 0 Å². The molecule has 0 unspecified atom stereocenters. The number of carbonyl (C=O) groups is 2. The number of unbranched alkanes of at least 4 members (excludes halogenated alkanes) is 1. The normalized spacial score (nSPS) is 10.9. The van der Waals surface area contributed by atoms with Gasteiger partial charge in [0.25, 0.3) is 11.8 Å². The second-order valence-electron chi connectivity index (χ2n) is 7.29. The standard InChI is InChI=1S/C24H28N6O2/c1-2-3-13-28-24(32)22-21(9-6-14-27-22)29-23(31)20-11-10-17(16-30(26)15-12-25)18-7-4-5-8-19(18)20/h4-12,14-15H,2-3,13,16,25-26H2,1H3,(H,28,32)(H,29,31)/b15-12-. The molecule has 3 aromatic rings. The number of rotatable bonds is 9. The van der Waals surface area contributed by atoms with Crippen LogP contribution in [-0.4, -0.2) is 28.4 Å². The van der Waals surface area contributed by atoms with Crippen LogP contribution in [0.5, 0.6) is 0 Å². The molecule has 3 rings (SSSR count). The average Bonchev–Trinajstić information content (AvgIpc) is 2.80. The van der Waals surface area contributed by atoms with Crippen molar-refractivity contribution in [2.45, 2.75) is 26.3 Å². The highest BCUT2D eigenvalue weighted by Gasteiger charge is 2.17. The summed E-state index contributed by atoms with van der Waals surface area (Å²) in [7, 11) is 0. The first-order valence-corrected chi connectivity index (χ1v) is 10.5. The Hall–Kier alpha value is -3.91. The molecule has 6 N–H and O–H groups in total. The first-order valence-electron chi connectivity index (χ1n) is 10.5. The maximum Gasteiger partial charge on any atom is 0.272 e. The summed E-state index contributed by atoms with van der Waals surface area (Å²) in [4.78, 5) is 29.8. The molecule has 0 atom stereocenters. The van der Waals surface area contributed by atoms with Gasteiger partial charge in [0.15, 0.2) is 5.69 Å². The van der Waals surface area contributed by atoms with Gasteiger partial charge in [0.1, 0.15) is 0 Å². The highest BCUT2D eigenvalue weighted by molar-refractivity contribution is 6.15. The molecular formula is C24H28N6O2. The van der Waals surface area contributed by atoms with Crippen molar-refractivity contribution in [3.8, 4) is 0 Å². The fourth-order valence-corrected chi connectivity index (χ4v) is 3.40. The molecule has 32 heavy (non-hydrogen) atoms.